The highest BCUT2D eigenvalue weighted by atomic mass is 16.5. The van der Waals surface area contributed by atoms with E-state index in [1.54, 1.807) is 12.1 Å². The SMILES string of the molecule is COc1cc(C#N)cc(OC)c1OCC1CC(CO)C1. The second kappa shape index (κ2) is 6.49. The number of rotatable bonds is 6. The average molecular weight is 277 g/mol. The summed E-state index contributed by atoms with van der Waals surface area (Å²) in [7, 11) is 3.07. The normalized spacial score (nSPS) is 20.7. The first-order valence-corrected chi connectivity index (χ1v) is 6.61. The van der Waals surface area contributed by atoms with Crippen molar-refractivity contribution in [2.75, 3.05) is 27.4 Å². The van der Waals surface area contributed by atoms with Crippen LogP contribution in [-0.4, -0.2) is 32.5 Å². The molecule has 0 atom stereocenters. The fraction of sp³-hybridized carbons (Fsp3) is 0.533. The molecule has 0 bridgehead atoms. The van der Waals surface area contributed by atoms with Crippen LogP contribution in [0.2, 0.25) is 0 Å². The average Bonchev–Trinajstić information content (AvgIpc) is 2.45. The molecule has 1 aliphatic rings. The second-order valence-electron chi connectivity index (χ2n) is 5.02. The zero-order valence-electron chi connectivity index (χ0n) is 11.8. The van der Waals surface area contributed by atoms with Gasteiger partial charge in [-0.1, -0.05) is 0 Å². The predicted octanol–water partition coefficient (Wildman–Crippen LogP) is 1.97. The van der Waals surface area contributed by atoms with Crippen molar-refractivity contribution in [3.63, 3.8) is 0 Å². The lowest BCUT2D eigenvalue weighted by Gasteiger charge is -2.33. The Morgan fingerprint density at radius 1 is 1.20 bits per heavy atom. The molecular formula is C15H19NO4. The molecule has 1 aromatic carbocycles. The number of nitriles is 1. The van der Waals surface area contributed by atoms with Gasteiger partial charge < -0.3 is 19.3 Å². The third kappa shape index (κ3) is 2.97. The Bertz CT molecular complexity index is 478. The molecule has 2 rings (SSSR count). The van der Waals surface area contributed by atoms with Gasteiger partial charge in [0.2, 0.25) is 5.75 Å². The van der Waals surface area contributed by atoms with Crippen LogP contribution in [0.25, 0.3) is 0 Å². The number of hydrogen-bond acceptors (Lipinski definition) is 5. The molecule has 0 radical (unpaired) electrons. The van der Waals surface area contributed by atoms with Crippen LogP contribution >= 0.6 is 0 Å². The van der Waals surface area contributed by atoms with Crippen LogP contribution in [0, 0.1) is 23.2 Å². The second-order valence-corrected chi connectivity index (χ2v) is 5.02. The van der Waals surface area contributed by atoms with E-state index in [0.29, 0.717) is 41.3 Å². The van der Waals surface area contributed by atoms with Gasteiger partial charge in [0.05, 0.1) is 32.5 Å². The quantitative estimate of drug-likeness (QED) is 0.860. The third-order valence-electron chi connectivity index (χ3n) is 3.64. The van der Waals surface area contributed by atoms with E-state index >= 15 is 0 Å². The molecule has 1 aliphatic carbocycles. The van der Waals surface area contributed by atoms with E-state index in [2.05, 4.69) is 6.07 Å². The van der Waals surface area contributed by atoms with E-state index in [9.17, 15) is 0 Å². The van der Waals surface area contributed by atoms with Gasteiger partial charge >= 0.3 is 0 Å². The van der Waals surface area contributed by atoms with Crippen molar-refractivity contribution < 1.29 is 19.3 Å². The maximum absolute atomic E-state index is 9.00. The molecule has 0 saturated heterocycles. The number of hydrogen-bond donors (Lipinski definition) is 1. The minimum Gasteiger partial charge on any atom is -0.493 e. The van der Waals surface area contributed by atoms with Crippen LogP contribution in [0.15, 0.2) is 12.1 Å². The zero-order chi connectivity index (χ0) is 14.5. The van der Waals surface area contributed by atoms with Crippen molar-refractivity contribution >= 4 is 0 Å². The first kappa shape index (κ1) is 14.5. The summed E-state index contributed by atoms with van der Waals surface area (Å²) in [5.74, 6) is 2.39. The predicted molar refractivity (Wildman–Crippen MR) is 73.1 cm³/mol. The van der Waals surface area contributed by atoms with Crippen molar-refractivity contribution in [3.8, 4) is 23.3 Å². The Balaban J connectivity index is 2.08. The molecule has 0 amide bonds. The lowest BCUT2D eigenvalue weighted by molar-refractivity contribution is 0.0711. The van der Waals surface area contributed by atoms with E-state index < -0.39 is 0 Å². The Morgan fingerprint density at radius 2 is 1.80 bits per heavy atom. The molecule has 0 aliphatic heterocycles. The molecule has 20 heavy (non-hydrogen) atoms. The summed E-state index contributed by atoms with van der Waals surface area (Å²) in [5, 5.41) is 18.0. The maximum Gasteiger partial charge on any atom is 0.203 e. The lowest BCUT2D eigenvalue weighted by atomic mass is 9.76. The van der Waals surface area contributed by atoms with Gasteiger partial charge in [0.25, 0.3) is 0 Å². The monoisotopic (exact) mass is 277 g/mol. The largest absolute Gasteiger partial charge is 0.493 e. The molecule has 1 saturated carbocycles. The fourth-order valence-electron chi connectivity index (χ4n) is 2.45. The van der Waals surface area contributed by atoms with E-state index in [1.165, 1.54) is 14.2 Å². The van der Waals surface area contributed by atoms with Gasteiger partial charge in [-0.05, 0) is 24.7 Å². The summed E-state index contributed by atoms with van der Waals surface area (Å²) in [6, 6.07) is 5.33. The molecule has 0 spiro atoms. The molecular weight excluding hydrogens is 258 g/mol. The minimum atomic E-state index is 0.250. The zero-order valence-corrected chi connectivity index (χ0v) is 11.8. The number of methoxy groups -OCH3 is 2. The Morgan fingerprint density at radius 3 is 2.25 bits per heavy atom. The summed E-state index contributed by atoms with van der Waals surface area (Å²) in [5.41, 5.74) is 0.468. The van der Waals surface area contributed by atoms with Gasteiger partial charge in [-0.3, -0.25) is 0 Å². The van der Waals surface area contributed by atoms with Crippen LogP contribution < -0.4 is 14.2 Å². The van der Waals surface area contributed by atoms with Crippen molar-refractivity contribution in [1.29, 1.82) is 5.26 Å². The highest BCUT2D eigenvalue weighted by Crippen LogP contribution is 2.40. The molecule has 108 valence electrons. The smallest absolute Gasteiger partial charge is 0.203 e. The summed E-state index contributed by atoms with van der Waals surface area (Å²) in [6.45, 7) is 0.815. The highest BCUT2D eigenvalue weighted by Gasteiger charge is 2.29. The number of ether oxygens (including phenoxy) is 3. The molecule has 5 nitrogen and oxygen atoms in total. The van der Waals surface area contributed by atoms with Gasteiger partial charge in [-0.15, -0.1) is 0 Å². The Hall–Kier alpha value is -1.93. The van der Waals surface area contributed by atoms with Crippen molar-refractivity contribution in [1.82, 2.24) is 0 Å². The van der Waals surface area contributed by atoms with Gasteiger partial charge in [0.15, 0.2) is 11.5 Å². The molecule has 0 heterocycles. The standard InChI is InChI=1S/C15H19NO4/c1-18-13-5-10(7-16)6-14(19-2)15(13)20-9-12-3-11(4-12)8-17/h5-6,11-12,17H,3-4,8-9H2,1-2H3. The summed E-state index contributed by atoms with van der Waals surface area (Å²) >= 11 is 0. The van der Waals surface area contributed by atoms with Crippen molar-refractivity contribution in [3.05, 3.63) is 17.7 Å². The van der Waals surface area contributed by atoms with E-state index in [0.717, 1.165) is 12.8 Å². The Kier molecular flexibility index (Phi) is 4.70. The summed E-state index contributed by atoms with van der Waals surface area (Å²) < 4.78 is 16.3. The number of benzene rings is 1. The van der Waals surface area contributed by atoms with E-state index in [1.807, 2.05) is 0 Å². The van der Waals surface area contributed by atoms with Gasteiger partial charge in [-0.2, -0.15) is 5.26 Å². The van der Waals surface area contributed by atoms with Crippen molar-refractivity contribution in [2.45, 2.75) is 12.8 Å². The molecule has 0 aromatic heterocycles. The first-order chi connectivity index (χ1) is 9.71. The highest BCUT2D eigenvalue weighted by molar-refractivity contribution is 5.56. The van der Waals surface area contributed by atoms with Crippen LogP contribution in [0.3, 0.4) is 0 Å². The van der Waals surface area contributed by atoms with Gasteiger partial charge in [0.1, 0.15) is 0 Å². The molecule has 5 heteroatoms. The summed E-state index contributed by atoms with van der Waals surface area (Å²) in [6.07, 6.45) is 1.97. The maximum atomic E-state index is 9.00. The first-order valence-electron chi connectivity index (χ1n) is 6.61. The molecule has 1 aromatic rings. The summed E-state index contributed by atoms with van der Waals surface area (Å²) in [4.78, 5) is 0. The van der Waals surface area contributed by atoms with E-state index in [4.69, 9.17) is 24.6 Å². The van der Waals surface area contributed by atoms with Gasteiger partial charge in [0, 0.05) is 18.7 Å². The topological polar surface area (TPSA) is 71.7 Å². The van der Waals surface area contributed by atoms with Crippen LogP contribution in [-0.2, 0) is 0 Å². The molecule has 1 N–H and O–H groups in total. The molecule has 0 unspecified atom stereocenters. The third-order valence-corrected chi connectivity index (χ3v) is 3.64. The number of aliphatic hydroxyl groups excluding tert-OH is 1. The van der Waals surface area contributed by atoms with Crippen LogP contribution in [0.1, 0.15) is 18.4 Å². The fourth-order valence-corrected chi connectivity index (χ4v) is 2.45. The Labute approximate surface area is 118 Å². The van der Waals surface area contributed by atoms with E-state index in [-0.39, 0.29) is 6.61 Å². The van der Waals surface area contributed by atoms with Crippen molar-refractivity contribution in [2.24, 2.45) is 11.8 Å². The van der Waals surface area contributed by atoms with Crippen LogP contribution in [0.4, 0.5) is 0 Å². The number of aliphatic hydroxyl groups is 1. The van der Waals surface area contributed by atoms with Gasteiger partial charge in [-0.25, -0.2) is 0 Å². The lowest BCUT2D eigenvalue weighted by Crippen LogP contribution is -2.30. The van der Waals surface area contributed by atoms with Crippen LogP contribution in [0.5, 0.6) is 17.2 Å². The number of nitrogens with zero attached hydrogens (tertiary/aromatic N) is 1. The molecule has 1 fully saturated rings. The minimum absolute atomic E-state index is 0.250.